The van der Waals surface area contributed by atoms with Gasteiger partial charge in [0.15, 0.2) is 0 Å². The van der Waals surface area contributed by atoms with E-state index in [1.54, 1.807) is 0 Å². The lowest BCUT2D eigenvalue weighted by molar-refractivity contribution is 0.0505. The van der Waals surface area contributed by atoms with E-state index in [0.29, 0.717) is 5.92 Å². The van der Waals surface area contributed by atoms with Crippen LogP contribution in [0.3, 0.4) is 0 Å². The van der Waals surface area contributed by atoms with E-state index in [-0.39, 0.29) is 4.83 Å². The molecule has 0 spiro atoms. The van der Waals surface area contributed by atoms with E-state index in [1.165, 1.54) is 12.0 Å². The van der Waals surface area contributed by atoms with Gasteiger partial charge in [-0.1, -0.05) is 27.6 Å². The smallest absolute Gasteiger partial charge is 0.0716 e. The Morgan fingerprint density at radius 2 is 1.95 bits per heavy atom. The maximum absolute atomic E-state index is 9.89. The van der Waals surface area contributed by atoms with Crippen LogP contribution in [0, 0.1) is 5.92 Å². The van der Waals surface area contributed by atoms with E-state index in [2.05, 4.69) is 22.0 Å². The average molecular weight is 333 g/mol. The summed E-state index contributed by atoms with van der Waals surface area (Å²) >= 11 is 3.57. The lowest BCUT2D eigenvalue weighted by Crippen LogP contribution is -2.31. The molecule has 2 nitrogen and oxygen atoms in total. The Bertz CT molecular complexity index is 310. The van der Waals surface area contributed by atoms with E-state index in [0.717, 1.165) is 32.1 Å². The molecule has 2 N–H and O–H groups in total. The fraction of sp³-hybridized carbons (Fsp3) is 0.875. The first-order chi connectivity index (χ1) is 8.58. The molecule has 0 amide bonds. The maximum Gasteiger partial charge on any atom is 0.0716 e. The molecule has 0 fully saturated rings. The average Bonchev–Trinajstić information content (AvgIpc) is 2.24. The van der Waals surface area contributed by atoms with Crippen molar-refractivity contribution in [3.05, 3.63) is 11.6 Å². The quantitative estimate of drug-likeness (QED) is 0.565. The predicted octanol–water partition coefficient (Wildman–Crippen LogP) is 4.19. The van der Waals surface area contributed by atoms with E-state index in [1.807, 2.05) is 27.7 Å². The molecular weight excluding hydrogens is 304 g/mol. The summed E-state index contributed by atoms with van der Waals surface area (Å²) in [6.07, 6.45) is 8.71. The number of hydrogen-bond acceptors (Lipinski definition) is 2. The summed E-state index contributed by atoms with van der Waals surface area (Å²) in [6.45, 7) is 7.48. The summed E-state index contributed by atoms with van der Waals surface area (Å²) < 4.78 is 0. The molecule has 3 heteroatoms. The first-order valence-electron chi connectivity index (χ1n) is 7.34. The van der Waals surface area contributed by atoms with E-state index >= 15 is 0 Å². The van der Waals surface area contributed by atoms with Crippen LogP contribution in [-0.2, 0) is 0 Å². The van der Waals surface area contributed by atoms with Gasteiger partial charge in [-0.05, 0) is 72.1 Å². The molecule has 0 saturated heterocycles. The molecule has 0 radical (unpaired) electrons. The highest BCUT2D eigenvalue weighted by atomic mass is 79.9. The highest BCUT2D eigenvalue weighted by molar-refractivity contribution is 9.09. The molecule has 0 bridgehead atoms. The Kier molecular flexibility index (Phi) is 6.09. The standard InChI is InChI=1S/C16H29BrO2/c1-15(2,18)11-13-7-5-12(6-8-13)9-10-14(17)16(3,4)19/h5,13-14,18-19H,6-11H2,1-4H3. The predicted molar refractivity (Wildman–Crippen MR) is 84.6 cm³/mol. The highest BCUT2D eigenvalue weighted by Crippen LogP contribution is 2.33. The normalized spacial score (nSPS) is 23.1. The zero-order valence-electron chi connectivity index (χ0n) is 12.7. The molecule has 112 valence electrons. The van der Waals surface area contributed by atoms with Gasteiger partial charge in [-0.25, -0.2) is 0 Å². The van der Waals surface area contributed by atoms with Gasteiger partial charge in [0.25, 0.3) is 0 Å². The lowest BCUT2D eigenvalue weighted by atomic mass is 9.81. The molecule has 0 aromatic heterocycles. The van der Waals surface area contributed by atoms with Gasteiger partial charge in [-0.15, -0.1) is 0 Å². The van der Waals surface area contributed by atoms with Crippen LogP contribution in [0.4, 0.5) is 0 Å². The molecule has 0 aromatic rings. The second kappa shape index (κ2) is 6.73. The molecule has 0 aromatic carbocycles. The summed E-state index contributed by atoms with van der Waals surface area (Å²) in [7, 11) is 0. The third kappa shape index (κ3) is 6.92. The van der Waals surface area contributed by atoms with Crippen LogP contribution in [0.15, 0.2) is 11.6 Å². The van der Waals surface area contributed by atoms with Crippen molar-refractivity contribution in [2.75, 3.05) is 0 Å². The first kappa shape index (κ1) is 17.2. The molecule has 2 atom stereocenters. The second-order valence-corrected chi connectivity index (χ2v) is 8.28. The fourth-order valence-corrected chi connectivity index (χ4v) is 2.96. The van der Waals surface area contributed by atoms with Crippen LogP contribution in [-0.4, -0.2) is 26.2 Å². The van der Waals surface area contributed by atoms with E-state index < -0.39 is 11.2 Å². The Morgan fingerprint density at radius 3 is 2.37 bits per heavy atom. The van der Waals surface area contributed by atoms with Gasteiger partial charge < -0.3 is 10.2 Å². The lowest BCUT2D eigenvalue weighted by Gasteiger charge is -2.29. The van der Waals surface area contributed by atoms with Crippen molar-refractivity contribution in [2.24, 2.45) is 5.92 Å². The van der Waals surface area contributed by atoms with Crippen molar-refractivity contribution in [2.45, 2.75) is 82.2 Å². The van der Waals surface area contributed by atoms with Crippen molar-refractivity contribution >= 4 is 15.9 Å². The minimum atomic E-state index is -0.654. The minimum absolute atomic E-state index is 0.148. The van der Waals surface area contributed by atoms with E-state index in [4.69, 9.17) is 0 Å². The SMILES string of the molecule is CC(C)(O)CC1CC=C(CCC(Br)C(C)(C)O)CC1. The third-order valence-corrected chi connectivity index (χ3v) is 5.47. The van der Waals surface area contributed by atoms with Crippen LogP contribution < -0.4 is 0 Å². The zero-order valence-corrected chi connectivity index (χ0v) is 14.3. The van der Waals surface area contributed by atoms with Crippen molar-refractivity contribution in [3.63, 3.8) is 0 Å². The van der Waals surface area contributed by atoms with Crippen LogP contribution in [0.1, 0.15) is 66.2 Å². The number of aliphatic hydroxyl groups is 2. The van der Waals surface area contributed by atoms with Gasteiger partial charge in [0, 0.05) is 4.83 Å². The van der Waals surface area contributed by atoms with Crippen LogP contribution >= 0.6 is 15.9 Å². The number of hydrogen-bond donors (Lipinski definition) is 2. The molecule has 19 heavy (non-hydrogen) atoms. The summed E-state index contributed by atoms with van der Waals surface area (Å²) in [5.74, 6) is 0.623. The number of allylic oxidation sites excluding steroid dienone is 2. The summed E-state index contributed by atoms with van der Waals surface area (Å²) in [6, 6.07) is 0. The number of halogens is 1. The first-order valence-corrected chi connectivity index (χ1v) is 8.26. The molecule has 0 saturated carbocycles. The van der Waals surface area contributed by atoms with Crippen LogP contribution in [0.2, 0.25) is 0 Å². The van der Waals surface area contributed by atoms with Crippen molar-refractivity contribution in [1.82, 2.24) is 0 Å². The number of rotatable bonds is 6. The van der Waals surface area contributed by atoms with Gasteiger partial charge in [0.1, 0.15) is 0 Å². The summed E-state index contributed by atoms with van der Waals surface area (Å²) in [4.78, 5) is 0.148. The molecular formula is C16H29BrO2. The van der Waals surface area contributed by atoms with Gasteiger partial charge in [0.2, 0.25) is 0 Å². The monoisotopic (exact) mass is 332 g/mol. The minimum Gasteiger partial charge on any atom is -0.390 e. The zero-order chi connectivity index (χ0) is 14.7. The molecule has 1 aliphatic rings. The van der Waals surface area contributed by atoms with Gasteiger partial charge >= 0.3 is 0 Å². The maximum atomic E-state index is 9.89. The van der Waals surface area contributed by atoms with Gasteiger partial charge in [-0.3, -0.25) is 0 Å². The Balaban J connectivity index is 2.35. The third-order valence-electron chi connectivity index (χ3n) is 3.89. The Hall–Kier alpha value is 0.140. The molecule has 1 rings (SSSR count). The molecule has 2 unspecified atom stereocenters. The largest absolute Gasteiger partial charge is 0.390 e. The van der Waals surface area contributed by atoms with E-state index in [9.17, 15) is 10.2 Å². The highest BCUT2D eigenvalue weighted by Gasteiger charge is 2.25. The van der Waals surface area contributed by atoms with Gasteiger partial charge in [-0.2, -0.15) is 0 Å². The van der Waals surface area contributed by atoms with Crippen LogP contribution in [0.25, 0.3) is 0 Å². The molecule has 1 aliphatic carbocycles. The van der Waals surface area contributed by atoms with Crippen molar-refractivity contribution < 1.29 is 10.2 Å². The van der Waals surface area contributed by atoms with Crippen LogP contribution in [0.5, 0.6) is 0 Å². The van der Waals surface area contributed by atoms with Crippen molar-refractivity contribution in [3.8, 4) is 0 Å². The molecule has 0 heterocycles. The Labute approximate surface area is 126 Å². The fourth-order valence-electron chi connectivity index (χ4n) is 2.73. The number of alkyl halides is 1. The topological polar surface area (TPSA) is 40.5 Å². The second-order valence-electron chi connectivity index (χ2n) is 7.18. The van der Waals surface area contributed by atoms with Gasteiger partial charge in [0.05, 0.1) is 11.2 Å². The summed E-state index contributed by atoms with van der Waals surface area (Å²) in [5.41, 5.74) is 0.317. The molecule has 0 aliphatic heterocycles. The summed E-state index contributed by atoms with van der Waals surface area (Å²) in [5, 5.41) is 19.7. The Morgan fingerprint density at radius 1 is 1.32 bits per heavy atom. The van der Waals surface area contributed by atoms with Crippen molar-refractivity contribution in [1.29, 1.82) is 0 Å².